The van der Waals surface area contributed by atoms with Gasteiger partial charge in [0.25, 0.3) is 0 Å². The first-order chi connectivity index (χ1) is 15.7. The number of anilines is 1. The van der Waals surface area contributed by atoms with Crippen LogP contribution in [0.5, 0.6) is 0 Å². The van der Waals surface area contributed by atoms with Crippen LogP contribution in [0.25, 0.3) is 0 Å². The Morgan fingerprint density at radius 1 is 0.970 bits per heavy atom. The molecule has 0 spiro atoms. The number of para-hydroxylation sites is 1. The van der Waals surface area contributed by atoms with E-state index in [1.807, 2.05) is 36.9 Å². The average molecular weight is 477 g/mol. The Balaban J connectivity index is 1.20. The molecule has 8 nitrogen and oxygen atoms in total. The van der Waals surface area contributed by atoms with Gasteiger partial charge < -0.3 is 10.2 Å². The lowest BCUT2D eigenvalue weighted by molar-refractivity contribution is -0.139. The molecule has 0 radical (unpaired) electrons. The molecular formula is C24H36N4O4S. The minimum Gasteiger partial charge on any atom is -0.340 e. The number of piperazine rings is 1. The summed E-state index contributed by atoms with van der Waals surface area (Å²) >= 11 is 0. The van der Waals surface area contributed by atoms with E-state index in [9.17, 15) is 18.0 Å². The molecule has 1 aromatic rings. The summed E-state index contributed by atoms with van der Waals surface area (Å²) in [4.78, 5) is 31.9. The Morgan fingerprint density at radius 2 is 1.61 bits per heavy atom. The van der Waals surface area contributed by atoms with Crippen molar-refractivity contribution >= 4 is 27.3 Å². The number of carbonyl (C=O) groups is 2. The van der Waals surface area contributed by atoms with Crippen LogP contribution in [-0.4, -0.2) is 98.3 Å². The summed E-state index contributed by atoms with van der Waals surface area (Å²) in [6.07, 6.45) is 2.32. The fourth-order valence-corrected chi connectivity index (χ4v) is 7.11. The van der Waals surface area contributed by atoms with Crippen molar-refractivity contribution in [1.82, 2.24) is 14.7 Å². The van der Waals surface area contributed by atoms with Gasteiger partial charge in [0, 0.05) is 43.8 Å². The van der Waals surface area contributed by atoms with Crippen molar-refractivity contribution in [3.05, 3.63) is 29.3 Å². The first-order valence-electron chi connectivity index (χ1n) is 12.0. The van der Waals surface area contributed by atoms with Crippen LogP contribution >= 0.6 is 0 Å². The van der Waals surface area contributed by atoms with Crippen LogP contribution in [0, 0.1) is 19.8 Å². The number of amides is 2. The highest BCUT2D eigenvalue weighted by molar-refractivity contribution is 7.91. The van der Waals surface area contributed by atoms with Crippen molar-refractivity contribution in [2.24, 2.45) is 5.92 Å². The van der Waals surface area contributed by atoms with Gasteiger partial charge in [0.1, 0.15) is 0 Å². The number of hydrogen-bond acceptors (Lipinski definition) is 6. The maximum atomic E-state index is 13.0. The molecule has 182 valence electrons. The van der Waals surface area contributed by atoms with Crippen molar-refractivity contribution in [2.45, 2.75) is 39.2 Å². The van der Waals surface area contributed by atoms with Gasteiger partial charge in [-0.2, -0.15) is 0 Å². The van der Waals surface area contributed by atoms with Crippen molar-refractivity contribution < 1.29 is 18.0 Å². The number of piperidine rings is 1. The Labute approximate surface area is 197 Å². The number of benzene rings is 1. The third-order valence-corrected chi connectivity index (χ3v) is 9.15. The lowest BCUT2D eigenvalue weighted by Gasteiger charge is -2.39. The third kappa shape index (κ3) is 5.94. The van der Waals surface area contributed by atoms with Crippen LogP contribution in [0.1, 0.15) is 30.4 Å². The number of nitrogens with zero attached hydrogens (tertiary/aromatic N) is 3. The van der Waals surface area contributed by atoms with Gasteiger partial charge in [-0.25, -0.2) is 8.42 Å². The molecule has 1 atom stereocenters. The maximum Gasteiger partial charge on any atom is 0.238 e. The predicted octanol–water partition coefficient (Wildman–Crippen LogP) is 1.29. The summed E-state index contributed by atoms with van der Waals surface area (Å²) in [7, 11) is -2.88. The molecule has 0 bridgehead atoms. The maximum absolute atomic E-state index is 13.0. The summed E-state index contributed by atoms with van der Waals surface area (Å²) in [5.74, 6) is 0.786. The monoisotopic (exact) mass is 476 g/mol. The molecule has 3 heterocycles. The fourth-order valence-electron chi connectivity index (χ4n) is 5.35. The number of sulfone groups is 1. The van der Waals surface area contributed by atoms with Gasteiger partial charge in [0.2, 0.25) is 11.8 Å². The molecule has 3 aliphatic heterocycles. The van der Waals surface area contributed by atoms with Crippen molar-refractivity contribution in [2.75, 3.05) is 62.6 Å². The molecule has 2 amide bonds. The second-order valence-corrected chi connectivity index (χ2v) is 12.0. The van der Waals surface area contributed by atoms with Gasteiger partial charge in [0.15, 0.2) is 9.84 Å². The predicted molar refractivity (Wildman–Crippen MR) is 129 cm³/mol. The number of aryl methyl sites for hydroxylation is 2. The minimum atomic E-state index is -2.88. The zero-order valence-electron chi connectivity index (χ0n) is 19.8. The lowest BCUT2D eigenvalue weighted by atomic mass is 9.94. The molecule has 0 aliphatic carbocycles. The standard InChI is InChI=1S/C24H36N4O4S/c1-18-4-3-5-19(2)23(18)25-22(29)16-26-11-13-28(14-12-26)24(30)20-6-9-27(10-7-20)21-8-15-33(31,32)17-21/h3-5,20-21H,6-17H2,1-2H3,(H,25,29). The average Bonchev–Trinajstić information content (AvgIpc) is 3.16. The first-order valence-corrected chi connectivity index (χ1v) is 13.9. The number of nitrogens with one attached hydrogen (secondary N) is 1. The molecule has 0 saturated carbocycles. The summed E-state index contributed by atoms with van der Waals surface area (Å²) < 4.78 is 23.5. The second-order valence-electron chi connectivity index (χ2n) is 9.78. The fraction of sp³-hybridized carbons (Fsp3) is 0.667. The largest absolute Gasteiger partial charge is 0.340 e. The van der Waals surface area contributed by atoms with E-state index in [1.165, 1.54) is 0 Å². The van der Waals surface area contributed by atoms with Crippen LogP contribution in [0.2, 0.25) is 0 Å². The number of carbonyl (C=O) groups excluding carboxylic acids is 2. The Bertz CT molecular complexity index is 960. The highest BCUT2D eigenvalue weighted by atomic mass is 32.2. The number of hydrogen-bond donors (Lipinski definition) is 1. The van der Waals surface area contributed by atoms with Crippen LogP contribution in [0.3, 0.4) is 0 Å². The normalized spacial score (nSPS) is 24.7. The number of rotatable bonds is 5. The highest BCUT2D eigenvalue weighted by Gasteiger charge is 2.36. The summed E-state index contributed by atoms with van der Waals surface area (Å²) in [5.41, 5.74) is 3.00. The van der Waals surface area contributed by atoms with Gasteiger partial charge in [-0.15, -0.1) is 0 Å². The SMILES string of the molecule is Cc1cccc(C)c1NC(=O)CN1CCN(C(=O)C2CCN(C3CCS(=O)(=O)C3)CC2)CC1. The Hall–Kier alpha value is -1.97. The Morgan fingerprint density at radius 3 is 2.18 bits per heavy atom. The van der Waals surface area contributed by atoms with Gasteiger partial charge in [-0.1, -0.05) is 18.2 Å². The molecule has 9 heteroatoms. The van der Waals surface area contributed by atoms with E-state index < -0.39 is 9.84 Å². The third-order valence-electron chi connectivity index (χ3n) is 7.40. The van der Waals surface area contributed by atoms with Gasteiger partial charge in [0.05, 0.1) is 18.1 Å². The minimum absolute atomic E-state index is 0.0199. The van der Waals surface area contributed by atoms with Gasteiger partial charge in [-0.05, 0) is 57.3 Å². The smallest absolute Gasteiger partial charge is 0.238 e. The van der Waals surface area contributed by atoms with E-state index in [0.717, 1.165) is 49.2 Å². The van der Waals surface area contributed by atoms with E-state index >= 15 is 0 Å². The zero-order valence-corrected chi connectivity index (χ0v) is 20.6. The van der Waals surface area contributed by atoms with Crippen LogP contribution < -0.4 is 5.32 Å². The van der Waals surface area contributed by atoms with Crippen molar-refractivity contribution in [3.63, 3.8) is 0 Å². The molecule has 1 aromatic carbocycles. The van der Waals surface area contributed by atoms with Crippen LogP contribution in [0.4, 0.5) is 5.69 Å². The van der Waals surface area contributed by atoms with Gasteiger partial charge in [-0.3, -0.25) is 19.4 Å². The topological polar surface area (TPSA) is 90.0 Å². The quantitative estimate of drug-likeness (QED) is 0.689. The highest BCUT2D eigenvalue weighted by Crippen LogP contribution is 2.26. The van der Waals surface area contributed by atoms with E-state index in [4.69, 9.17) is 0 Å². The van der Waals surface area contributed by atoms with E-state index in [-0.39, 0.29) is 29.5 Å². The molecule has 33 heavy (non-hydrogen) atoms. The van der Waals surface area contributed by atoms with E-state index in [0.29, 0.717) is 38.5 Å². The molecule has 1 unspecified atom stereocenters. The van der Waals surface area contributed by atoms with Crippen molar-refractivity contribution in [3.8, 4) is 0 Å². The zero-order chi connectivity index (χ0) is 23.6. The van der Waals surface area contributed by atoms with Crippen LogP contribution in [0.15, 0.2) is 18.2 Å². The molecule has 3 saturated heterocycles. The summed E-state index contributed by atoms with van der Waals surface area (Å²) in [6, 6.07) is 6.10. The molecular weight excluding hydrogens is 440 g/mol. The molecule has 3 fully saturated rings. The molecule has 4 rings (SSSR count). The molecule has 0 aromatic heterocycles. The van der Waals surface area contributed by atoms with Crippen molar-refractivity contribution in [1.29, 1.82) is 0 Å². The second kappa shape index (κ2) is 10.1. The van der Waals surface area contributed by atoms with E-state index in [2.05, 4.69) is 15.1 Å². The first kappa shape index (κ1) is 24.2. The molecule has 3 aliphatic rings. The van der Waals surface area contributed by atoms with E-state index in [1.54, 1.807) is 0 Å². The summed E-state index contributed by atoms with van der Waals surface area (Å²) in [6.45, 7) is 8.62. The molecule has 1 N–H and O–H groups in total. The lowest BCUT2D eigenvalue weighted by Crippen LogP contribution is -2.53. The van der Waals surface area contributed by atoms with Crippen LogP contribution in [-0.2, 0) is 19.4 Å². The summed E-state index contributed by atoms with van der Waals surface area (Å²) in [5, 5.41) is 3.04. The van der Waals surface area contributed by atoms with Gasteiger partial charge >= 0.3 is 0 Å². The number of likely N-dealkylation sites (tertiary alicyclic amines) is 1. The Kier molecular flexibility index (Phi) is 7.40.